The van der Waals surface area contributed by atoms with Gasteiger partial charge in [0.25, 0.3) is 0 Å². The van der Waals surface area contributed by atoms with E-state index in [2.05, 4.69) is 13.2 Å². The predicted molar refractivity (Wildman–Crippen MR) is 170 cm³/mol. The van der Waals surface area contributed by atoms with Gasteiger partial charge in [0.05, 0.1) is 32.8 Å². The molecule has 0 heterocycles. The number of hydrogen-bond donors (Lipinski definition) is 0. The zero-order valence-electron chi connectivity index (χ0n) is 25.7. The third-order valence-electron chi connectivity index (χ3n) is 6.95. The molecule has 0 radical (unpaired) electrons. The maximum absolute atomic E-state index is 12.5. The number of ether oxygens (including phenoxy) is 5. The summed E-state index contributed by atoms with van der Waals surface area (Å²) in [7, 11) is 0. The van der Waals surface area contributed by atoms with Crippen molar-refractivity contribution in [1.29, 1.82) is 0 Å². The van der Waals surface area contributed by atoms with Crippen LogP contribution in [0.1, 0.15) is 73.7 Å². The van der Waals surface area contributed by atoms with Gasteiger partial charge in [-0.15, -0.1) is 0 Å². The molecule has 0 aromatic heterocycles. The van der Waals surface area contributed by atoms with Crippen LogP contribution in [0.3, 0.4) is 0 Å². The minimum absolute atomic E-state index is 0.0514. The number of unbranched alkanes of at least 4 members (excludes halogenated alkanes) is 1. The molecule has 0 saturated heterocycles. The van der Waals surface area contributed by atoms with Gasteiger partial charge in [0.2, 0.25) is 0 Å². The molecule has 3 rings (SSSR count). The Balaban J connectivity index is 1.27. The molecule has 1 aliphatic rings. The third-order valence-corrected chi connectivity index (χ3v) is 6.95. The number of hydrogen-bond acceptors (Lipinski definition) is 9. The first-order valence-corrected chi connectivity index (χ1v) is 15.4. The summed E-state index contributed by atoms with van der Waals surface area (Å²) >= 11 is 0. The van der Waals surface area contributed by atoms with E-state index >= 15 is 0 Å². The van der Waals surface area contributed by atoms with Gasteiger partial charge in [-0.3, -0.25) is 9.59 Å². The molecular weight excluding hydrogens is 576 g/mol. The fourth-order valence-corrected chi connectivity index (χ4v) is 4.46. The molecule has 0 bridgehead atoms. The van der Waals surface area contributed by atoms with E-state index < -0.39 is 17.9 Å². The van der Waals surface area contributed by atoms with Crippen LogP contribution in [0.4, 0.5) is 0 Å². The molecule has 9 nitrogen and oxygen atoms in total. The molecule has 1 saturated carbocycles. The van der Waals surface area contributed by atoms with E-state index in [0.29, 0.717) is 49.5 Å². The molecule has 0 unspecified atom stereocenters. The number of ketones is 1. The fourth-order valence-electron chi connectivity index (χ4n) is 4.46. The highest BCUT2D eigenvalue weighted by atomic mass is 16.5. The highest BCUT2D eigenvalue weighted by Crippen LogP contribution is 2.21. The molecule has 1 aliphatic carbocycles. The summed E-state index contributed by atoms with van der Waals surface area (Å²) in [4.78, 5) is 47.7. The van der Waals surface area contributed by atoms with Gasteiger partial charge >= 0.3 is 17.9 Å². The van der Waals surface area contributed by atoms with E-state index in [9.17, 15) is 19.2 Å². The van der Waals surface area contributed by atoms with E-state index in [1.807, 2.05) is 24.3 Å². The summed E-state index contributed by atoms with van der Waals surface area (Å²) < 4.78 is 26.9. The number of benzene rings is 2. The maximum Gasteiger partial charge on any atom is 0.333 e. The van der Waals surface area contributed by atoms with E-state index in [1.54, 1.807) is 30.3 Å². The van der Waals surface area contributed by atoms with Crippen LogP contribution < -0.4 is 9.47 Å². The lowest BCUT2D eigenvalue weighted by atomic mass is 9.98. The van der Waals surface area contributed by atoms with Crippen LogP contribution in [0.5, 0.6) is 11.5 Å². The van der Waals surface area contributed by atoms with Gasteiger partial charge < -0.3 is 23.7 Å². The number of carbonyl (C=O) groups excluding carboxylic acids is 4. The van der Waals surface area contributed by atoms with Crippen LogP contribution >= 0.6 is 0 Å². The molecule has 0 aliphatic heterocycles. The summed E-state index contributed by atoms with van der Waals surface area (Å²) in [5.74, 6) is -0.299. The molecule has 9 heteroatoms. The number of rotatable bonds is 19. The van der Waals surface area contributed by atoms with Gasteiger partial charge in [-0.25, -0.2) is 9.59 Å². The fraction of sp³-hybridized carbons (Fsp3) is 0.389. The summed E-state index contributed by atoms with van der Waals surface area (Å²) in [6.45, 7) is 8.29. The maximum atomic E-state index is 12.5. The van der Waals surface area contributed by atoms with Crippen molar-refractivity contribution in [2.45, 2.75) is 63.9 Å². The summed E-state index contributed by atoms with van der Waals surface area (Å²) in [5.41, 5.74) is 1.48. The molecule has 0 atom stereocenters. The topological polar surface area (TPSA) is 114 Å². The largest absolute Gasteiger partial charge is 0.494 e. The first-order valence-electron chi connectivity index (χ1n) is 15.4. The monoisotopic (exact) mass is 618 g/mol. The average molecular weight is 619 g/mol. The first-order chi connectivity index (χ1) is 21.8. The second kappa shape index (κ2) is 19.6. The van der Waals surface area contributed by atoms with Gasteiger partial charge in [0.15, 0.2) is 5.78 Å². The highest BCUT2D eigenvalue weighted by molar-refractivity contribution is 6.06. The van der Waals surface area contributed by atoms with Crippen molar-refractivity contribution in [2.75, 3.05) is 26.4 Å². The van der Waals surface area contributed by atoms with Gasteiger partial charge in [-0.2, -0.15) is 0 Å². The molecule has 0 spiro atoms. The lowest BCUT2D eigenvalue weighted by Crippen LogP contribution is -2.22. The van der Waals surface area contributed by atoms with Crippen LogP contribution in [0.15, 0.2) is 79.4 Å². The average Bonchev–Trinajstić information content (AvgIpc) is 3.06. The number of esters is 3. The van der Waals surface area contributed by atoms with Crippen LogP contribution in [0.2, 0.25) is 0 Å². The summed E-state index contributed by atoms with van der Waals surface area (Å²) in [5, 5.41) is 0. The van der Waals surface area contributed by atoms with Crippen molar-refractivity contribution in [2.24, 2.45) is 0 Å². The quantitative estimate of drug-likeness (QED) is 0.0564. The van der Waals surface area contributed by atoms with Gasteiger partial charge in [-0.1, -0.05) is 37.8 Å². The third kappa shape index (κ3) is 13.7. The van der Waals surface area contributed by atoms with E-state index in [0.717, 1.165) is 37.3 Å². The Bertz CT molecular complexity index is 1300. The summed E-state index contributed by atoms with van der Waals surface area (Å²) in [6, 6.07) is 14.2. The Morgan fingerprint density at radius 1 is 0.756 bits per heavy atom. The Morgan fingerprint density at radius 2 is 1.36 bits per heavy atom. The second-order valence-electron chi connectivity index (χ2n) is 10.6. The molecule has 240 valence electrons. The van der Waals surface area contributed by atoms with Crippen molar-refractivity contribution >= 4 is 29.8 Å². The lowest BCUT2D eigenvalue weighted by Gasteiger charge is -2.21. The molecule has 0 amide bonds. The molecule has 2 aromatic carbocycles. The smallest absolute Gasteiger partial charge is 0.333 e. The van der Waals surface area contributed by atoms with Crippen molar-refractivity contribution in [3.63, 3.8) is 0 Å². The van der Waals surface area contributed by atoms with Crippen LogP contribution in [0, 0.1) is 0 Å². The molecular formula is C36H42O9. The number of allylic oxidation sites excluding steroid dienone is 1. The van der Waals surface area contributed by atoms with E-state index in [1.165, 1.54) is 12.5 Å². The standard InChI is InChI=1S/C36H42O9/c1-3-34(38)43-25-9-24-42-31-19-15-29(16-20-31)33(37)21-14-28-12-17-30(18-13-28)41-22-7-8-23-44-36(40)27(2)26-35(39)45-32-10-5-4-6-11-32/h3,12-21,32H,1-2,4-11,22-26H2/b21-14+. The highest BCUT2D eigenvalue weighted by Gasteiger charge is 2.20. The van der Waals surface area contributed by atoms with Crippen molar-refractivity contribution < 1.29 is 42.9 Å². The molecule has 45 heavy (non-hydrogen) atoms. The molecule has 1 fully saturated rings. The minimum atomic E-state index is -0.581. The molecule has 0 N–H and O–H groups in total. The Kier molecular flexibility index (Phi) is 15.2. The Labute approximate surface area is 264 Å². The number of carbonyl (C=O) groups is 4. The predicted octanol–water partition coefficient (Wildman–Crippen LogP) is 6.61. The van der Waals surface area contributed by atoms with Crippen molar-refractivity contribution in [1.82, 2.24) is 0 Å². The minimum Gasteiger partial charge on any atom is -0.494 e. The van der Waals surface area contributed by atoms with Gasteiger partial charge in [0, 0.05) is 23.6 Å². The van der Waals surface area contributed by atoms with Crippen LogP contribution in [0.25, 0.3) is 6.08 Å². The van der Waals surface area contributed by atoms with Crippen LogP contribution in [-0.2, 0) is 28.6 Å². The van der Waals surface area contributed by atoms with Crippen LogP contribution in [-0.4, -0.2) is 56.2 Å². The summed E-state index contributed by atoms with van der Waals surface area (Å²) in [6.07, 6.45) is 11.0. The Hall–Kier alpha value is -4.66. The van der Waals surface area contributed by atoms with Gasteiger partial charge in [-0.05, 0) is 86.6 Å². The zero-order chi connectivity index (χ0) is 32.3. The second-order valence-corrected chi connectivity index (χ2v) is 10.6. The molecule has 2 aromatic rings. The van der Waals surface area contributed by atoms with Gasteiger partial charge in [0.1, 0.15) is 17.6 Å². The zero-order valence-corrected chi connectivity index (χ0v) is 25.7. The lowest BCUT2D eigenvalue weighted by molar-refractivity contribution is -0.151. The van der Waals surface area contributed by atoms with Crippen molar-refractivity contribution in [3.05, 3.63) is 90.5 Å². The SMILES string of the molecule is C=CC(=O)OCCCOc1ccc(C(=O)/C=C/c2ccc(OCCCCOC(=O)C(=C)CC(=O)OC3CCCCC3)cc2)cc1. The Morgan fingerprint density at radius 3 is 2.02 bits per heavy atom. The van der Waals surface area contributed by atoms with Crippen molar-refractivity contribution in [3.8, 4) is 11.5 Å². The normalized spacial score (nSPS) is 13.1. The first kappa shape index (κ1) is 34.8. The van der Waals surface area contributed by atoms with E-state index in [4.69, 9.17) is 23.7 Å². The van der Waals surface area contributed by atoms with E-state index in [-0.39, 0.29) is 37.1 Å².